The summed E-state index contributed by atoms with van der Waals surface area (Å²) in [5, 5.41) is 12.9. The molecule has 5 nitrogen and oxygen atoms in total. The van der Waals surface area contributed by atoms with Gasteiger partial charge in [0, 0.05) is 30.3 Å². The fraction of sp³-hybridized carbons (Fsp3) is 0.250. The van der Waals surface area contributed by atoms with Crippen molar-refractivity contribution >= 4 is 39.9 Å². The number of anilines is 1. The molecule has 1 amide bonds. The number of rotatable bonds is 5. The van der Waals surface area contributed by atoms with Crippen LogP contribution in [0.1, 0.15) is 18.1 Å². The number of ether oxygens (including phenoxy) is 1. The van der Waals surface area contributed by atoms with Crippen LogP contribution in [0.2, 0.25) is 0 Å². The van der Waals surface area contributed by atoms with Crippen LogP contribution < -0.4 is 10.1 Å². The molecule has 28 heavy (non-hydrogen) atoms. The van der Waals surface area contributed by atoms with Gasteiger partial charge in [0.2, 0.25) is 0 Å². The van der Waals surface area contributed by atoms with Crippen molar-refractivity contribution in [3.8, 4) is 5.75 Å². The van der Waals surface area contributed by atoms with E-state index >= 15 is 0 Å². The second kappa shape index (κ2) is 12.1. The average molecular weight is 534 g/mol. The number of nitrogens with one attached hydrogen (secondary N) is 1. The Bertz CT molecular complexity index is 854. The SMILES string of the molecule is [C-]#[N+]c1ccc(NC(=O)[C@@](C)(O)COc2ccc(C)c(F)c2)cc1C.[CH2-]I.[V]. The van der Waals surface area contributed by atoms with Crippen LogP contribution in [0.25, 0.3) is 4.85 Å². The van der Waals surface area contributed by atoms with Crippen LogP contribution >= 0.6 is 22.6 Å². The maximum absolute atomic E-state index is 13.5. The number of carbonyl (C=O) groups is 1. The fourth-order valence-corrected chi connectivity index (χ4v) is 2.08. The third-order valence-corrected chi connectivity index (χ3v) is 3.73. The first-order chi connectivity index (χ1) is 12.7. The van der Waals surface area contributed by atoms with Gasteiger partial charge in [-0.3, -0.25) is 9.73 Å². The van der Waals surface area contributed by atoms with E-state index in [1.165, 1.54) is 13.0 Å². The molecule has 2 rings (SSSR count). The zero-order valence-corrected chi connectivity index (χ0v) is 19.3. The maximum Gasteiger partial charge on any atom is 0.259 e. The summed E-state index contributed by atoms with van der Waals surface area (Å²) in [7, 11) is 0. The molecular formula is C20H21FIN2O3V-. The second-order valence-electron chi connectivity index (χ2n) is 6.04. The molecule has 0 saturated heterocycles. The van der Waals surface area contributed by atoms with Gasteiger partial charge in [-0.2, -0.15) is 0 Å². The van der Waals surface area contributed by atoms with Crippen molar-refractivity contribution < 1.29 is 37.6 Å². The van der Waals surface area contributed by atoms with Crippen molar-refractivity contribution in [1.29, 1.82) is 0 Å². The predicted molar refractivity (Wildman–Crippen MR) is 113 cm³/mol. The van der Waals surface area contributed by atoms with E-state index < -0.39 is 17.3 Å². The first-order valence-electron chi connectivity index (χ1n) is 7.90. The Kier molecular flexibility index (Phi) is 11.4. The third-order valence-electron chi connectivity index (χ3n) is 3.73. The van der Waals surface area contributed by atoms with Crippen molar-refractivity contribution in [2.45, 2.75) is 26.4 Å². The van der Waals surface area contributed by atoms with Gasteiger partial charge in [0.05, 0.1) is 6.57 Å². The summed E-state index contributed by atoms with van der Waals surface area (Å²) in [6.07, 6.45) is 0. The van der Waals surface area contributed by atoms with Crippen LogP contribution in [0.15, 0.2) is 36.4 Å². The van der Waals surface area contributed by atoms with Crippen molar-refractivity contribution in [1.82, 2.24) is 0 Å². The minimum Gasteiger partial charge on any atom is -0.490 e. The van der Waals surface area contributed by atoms with E-state index in [0.29, 0.717) is 16.9 Å². The maximum atomic E-state index is 13.5. The normalized spacial score (nSPS) is 11.6. The monoisotopic (exact) mass is 534 g/mol. The van der Waals surface area contributed by atoms with Gasteiger partial charge in [0.25, 0.3) is 5.91 Å². The molecule has 149 valence electrons. The summed E-state index contributed by atoms with van der Waals surface area (Å²) < 4.78 is 18.8. The first-order valence-corrected chi connectivity index (χ1v) is 9.43. The van der Waals surface area contributed by atoms with Gasteiger partial charge in [-0.1, -0.05) is 12.1 Å². The van der Waals surface area contributed by atoms with E-state index in [-0.39, 0.29) is 30.9 Å². The van der Waals surface area contributed by atoms with E-state index in [0.717, 1.165) is 5.56 Å². The third kappa shape index (κ3) is 7.43. The largest absolute Gasteiger partial charge is 0.490 e. The van der Waals surface area contributed by atoms with Crippen LogP contribution in [0.3, 0.4) is 0 Å². The number of nitrogens with zero attached hydrogens (tertiary/aromatic N) is 1. The van der Waals surface area contributed by atoms with Crippen molar-refractivity contribution in [2.75, 3.05) is 11.9 Å². The van der Waals surface area contributed by atoms with E-state index in [4.69, 9.17) is 11.3 Å². The molecule has 2 N–H and O–H groups in total. The standard InChI is InChI=1S/C19H19FN2O3.CH2I.V/c1-12-5-7-15(10-16(12)20)25-11-19(3,24)18(23)22-14-6-8-17(21-4)13(2)9-14;1-2;/h5-10,24H,11H2,1-3H3,(H,22,23);1H2;/q;-1;/t19-;;/m0../s1. The van der Waals surface area contributed by atoms with Gasteiger partial charge in [0.15, 0.2) is 11.3 Å². The quantitative estimate of drug-likeness (QED) is 0.421. The van der Waals surface area contributed by atoms with E-state index in [1.807, 2.05) is 22.6 Å². The Morgan fingerprint density at radius 2 is 1.93 bits per heavy atom. The molecule has 1 atom stereocenters. The number of benzene rings is 2. The molecule has 0 saturated carbocycles. The zero-order chi connectivity index (χ0) is 20.6. The van der Waals surface area contributed by atoms with Crippen LogP contribution in [0.5, 0.6) is 5.75 Å². The zero-order valence-electron chi connectivity index (χ0n) is 15.8. The Morgan fingerprint density at radius 3 is 2.46 bits per heavy atom. The van der Waals surface area contributed by atoms with Gasteiger partial charge < -0.3 is 37.8 Å². The first kappa shape index (κ1) is 26.4. The average Bonchev–Trinajstić information content (AvgIpc) is 2.64. The molecule has 0 bridgehead atoms. The topological polar surface area (TPSA) is 62.9 Å². The van der Waals surface area contributed by atoms with Gasteiger partial charge in [0.1, 0.15) is 18.2 Å². The number of hydrogen-bond acceptors (Lipinski definition) is 3. The molecule has 2 aromatic carbocycles. The molecule has 0 aliphatic carbocycles. The van der Waals surface area contributed by atoms with Crippen LogP contribution in [-0.4, -0.2) is 23.2 Å². The number of aliphatic hydroxyl groups is 1. The smallest absolute Gasteiger partial charge is 0.259 e. The van der Waals surface area contributed by atoms with Crippen LogP contribution in [-0.2, 0) is 23.4 Å². The summed E-state index contributed by atoms with van der Waals surface area (Å²) in [6.45, 7) is 11.4. The van der Waals surface area contributed by atoms with E-state index in [2.05, 4.69) is 15.1 Å². The molecule has 1 radical (unpaired) electrons. The summed E-state index contributed by atoms with van der Waals surface area (Å²) in [5.41, 5.74) is 0.355. The summed E-state index contributed by atoms with van der Waals surface area (Å²) in [4.78, 5) is 18.8. The Morgan fingerprint density at radius 1 is 1.29 bits per heavy atom. The molecule has 0 fully saturated rings. The predicted octanol–water partition coefficient (Wildman–Crippen LogP) is 4.97. The number of hydrogen-bond donors (Lipinski definition) is 2. The van der Waals surface area contributed by atoms with Gasteiger partial charge >= 0.3 is 0 Å². The molecule has 8 heteroatoms. The Labute approximate surface area is 190 Å². The molecular weight excluding hydrogens is 513 g/mol. The van der Waals surface area contributed by atoms with Crippen molar-refractivity contribution in [3.63, 3.8) is 0 Å². The minimum atomic E-state index is -1.81. The van der Waals surface area contributed by atoms with E-state index in [1.54, 1.807) is 44.2 Å². The molecule has 0 heterocycles. The summed E-state index contributed by atoms with van der Waals surface area (Å²) >= 11 is 1.90. The Balaban J connectivity index is 0.00000235. The number of aryl methyl sites for hydroxylation is 2. The number of amides is 1. The summed E-state index contributed by atoms with van der Waals surface area (Å²) in [5.74, 6) is -0.847. The van der Waals surface area contributed by atoms with Crippen molar-refractivity contribution in [3.05, 3.63) is 69.7 Å². The molecule has 0 spiro atoms. The summed E-state index contributed by atoms with van der Waals surface area (Å²) in [6, 6.07) is 9.16. The van der Waals surface area contributed by atoms with Crippen LogP contribution in [0, 0.1) is 31.2 Å². The Hall–Kier alpha value is -1.60. The second-order valence-corrected chi connectivity index (χ2v) is 6.04. The number of halogens is 2. The molecule has 0 aromatic heterocycles. The van der Waals surface area contributed by atoms with Crippen molar-refractivity contribution in [2.24, 2.45) is 0 Å². The van der Waals surface area contributed by atoms with Gasteiger partial charge in [-0.05, 0) is 50.1 Å². The molecule has 2 aromatic rings. The van der Waals surface area contributed by atoms with E-state index in [9.17, 15) is 14.3 Å². The van der Waals surface area contributed by atoms with Gasteiger partial charge in [-0.15, -0.1) is 0 Å². The van der Waals surface area contributed by atoms with Crippen LogP contribution in [0.4, 0.5) is 15.8 Å². The fourth-order valence-electron chi connectivity index (χ4n) is 2.08. The van der Waals surface area contributed by atoms with Gasteiger partial charge in [-0.25, -0.2) is 9.24 Å². The number of carbonyl (C=O) groups excluding carboxylic acids is 1. The minimum absolute atomic E-state index is 0. The molecule has 0 aliphatic rings. The molecule has 0 aliphatic heterocycles. The molecule has 0 unspecified atom stereocenters.